The molecule has 3 rings (SSSR count). The first-order chi connectivity index (χ1) is 12.9. The number of aryl methyl sites for hydroxylation is 1. The van der Waals surface area contributed by atoms with Crippen LogP contribution in [0.25, 0.3) is 11.3 Å². The molecule has 0 saturated heterocycles. The predicted octanol–water partition coefficient (Wildman–Crippen LogP) is 3.08. The van der Waals surface area contributed by atoms with Crippen LogP contribution in [0.5, 0.6) is 5.75 Å². The smallest absolute Gasteiger partial charge is 0.241 e. The van der Waals surface area contributed by atoms with E-state index in [2.05, 4.69) is 14.7 Å². The topological polar surface area (TPSA) is 81.2 Å². The summed E-state index contributed by atoms with van der Waals surface area (Å²) in [5.74, 6) is 0.252. The van der Waals surface area contributed by atoms with Crippen molar-refractivity contribution < 1.29 is 17.5 Å². The molecule has 1 N–H and O–H groups in total. The van der Waals surface area contributed by atoms with Crippen molar-refractivity contribution in [2.75, 3.05) is 7.11 Å². The highest BCUT2D eigenvalue weighted by Crippen LogP contribution is 2.21. The van der Waals surface area contributed by atoms with Crippen molar-refractivity contribution in [3.05, 3.63) is 71.9 Å². The Balaban J connectivity index is 1.78. The van der Waals surface area contributed by atoms with Gasteiger partial charge in [0.1, 0.15) is 17.9 Å². The number of ether oxygens (including phenoxy) is 1. The van der Waals surface area contributed by atoms with Gasteiger partial charge in [-0.05, 0) is 61.0 Å². The van der Waals surface area contributed by atoms with Gasteiger partial charge in [0, 0.05) is 5.56 Å². The number of methoxy groups -OCH3 is 1. The molecule has 0 amide bonds. The van der Waals surface area contributed by atoms with Crippen LogP contribution in [0.15, 0.2) is 59.8 Å². The van der Waals surface area contributed by atoms with Crippen LogP contribution in [0.2, 0.25) is 0 Å². The van der Waals surface area contributed by atoms with E-state index in [1.165, 1.54) is 18.5 Å². The van der Waals surface area contributed by atoms with Crippen LogP contribution in [-0.2, 0) is 16.6 Å². The summed E-state index contributed by atoms with van der Waals surface area (Å²) in [7, 11) is -2.20. The zero-order valence-electron chi connectivity index (χ0n) is 14.8. The molecule has 2 aromatic carbocycles. The number of aromatic nitrogens is 2. The molecule has 6 nitrogen and oxygen atoms in total. The molecule has 0 aliphatic heterocycles. The lowest BCUT2D eigenvalue weighted by Gasteiger charge is -2.10. The van der Waals surface area contributed by atoms with Crippen LogP contribution >= 0.6 is 0 Å². The maximum absolute atomic E-state index is 13.2. The van der Waals surface area contributed by atoms with E-state index < -0.39 is 15.8 Å². The van der Waals surface area contributed by atoms with Crippen LogP contribution in [0.1, 0.15) is 11.3 Å². The third kappa shape index (κ3) is 4.47. The lowest BCUT2D eigenvalue weighted by atomic mass is 10.1. The number of hydrogen-bond acceptors (Lipinski definition) is 5. The number of rotatable bonds is 6. The third-order valence-corrected chi connectivity index (χ3v) is 5.54. The lowest BCUT2D eigenvalue weighted by molar-refractivity contribution is 0.415. The van der Waals surface area contributed by atoms with E-state index in [1.807, 2.05) is 24.3 Å². The highest BCUT2D eigenvalue weighted by Gasteiger charge is 2.17. The fourth-order valence-electron chi connectivity index (χ4n) is 2.57. The number of halogens is 1. The Bertz CT molecular complexity index is 1050. The summed E-state index contributed by atoms with van der Waals surface area (Å²) in [5, 5.41) is 0. The molecule has 0 aliphatic carbocycles. The molecular formula is C19H18FN3O3S. The van der Waals surface area contributed by atoms with Crippen molar-refractivity contribution >= 4 is 10.0 Å². The quantitative estimate of drug-likeness (QED) is 0.703. The first-order valence-electron chi connectivity index (χ1n) is 8.10. The van der Waals surface area contributed by atoms with E-state index in [4.69, 9.17) is 4.74 Å². The SMILES string of the molecule is COc1ccc(-c2cc(CNS(=O)(=O)c3ccc(F)cc3C)ncn2)cc1. The van der Waals surface area contributed by atoms with Gasteiger partial charge in [-0.1, -0.05) is 0 Å². The average molecular weight is 387 g/mol. The van der Waals surface area contributed by atoms with Crippen LogP contribution in [0, 0.1) is 12.7 Å². The lowest BCUT2D eigenvalue weighted by Crippen LogP contribution is -2.24. The molecule has 0 fully saturated rings. The molecular weight excluding hydrogens is 369 g/mol. The zero-order chi connectivity index (χ0) is 19.4. The van der Waals surface area contributed by atoms with Crippen LogP contribution in [-0.4, -0.2) is 25.5 Å². The summed E-state index contributed by atoms with van der Waals surface area (Å²) >= 11 is 0. The summed E-state index contributed by atoms with van der Waals surface area (Å²) in [5.41, 5.74) is 2.37. The molecule has 27 heavy (non-hydrogen) atoms. The second-order valence-corrected chi connectivity index (χ2v) is 7.59. The van der Waals surface area contributed by atoms with Crippen molar-refractivity contribution in [3.63, 3.8) is 0 Å². The molecule has 1 heterocycles. The average Bonchev–Trinajstić information content (AvgIpc) is 2.66. The first-order valence-corrected chi connectivity index (χ1v) is 9.58. The van der Waals surface area contributed by atoms with Crippen LogP contribution in [0.3, 0.4) is 0 Å². The summed E-state index contributed by atoms with van der Waals surface area (Å²) < 4.78 is 45.8. The van der Waals surface area contributed by atoms with Crippen molar-refractivity contribution in [2.45, 2.75) is 18.4 Å². The summed E-state index contributed by atoms with van der Waals surface area (Å²) in [6, 6.07) is 12.6. The van der Waals surface area contributed by atoms with Gasteiger partial charge in [-0.25, -0.2) is 27.5 Å². The van der Waals surface area contributed by atoms with Crippen molar-refractivity contribution in [1.82, 2.24) is 14.7 Å². The number of sulfonamides is 1. The molecule has 0 atom stereocenters. The number of nitrogens with one attached hydrogen (secondary N) is 1. The largest absolute Gasteiger partial charge is 0.497 e. The standard InChI is InChI=1S/C19H18FN3O3S/c1-13-9-15(20)5-8-19(13)27(24,25)23-11-16-10-18(22-12-21-16)14-3-6-17(26-2)7-4-14/h3-10,12,23H,11H2,1-2H3. The normalized spacial score (nSPS) is 11.4. The minimum Gasteiger partial charge on any atom is -0.497 e. The van der Waals surface area contributed by atoms with Gasteiger partial charge >= 0.3 is 0 Å². The van der Waals surface area contributed by atoms with Gasteiger partial charge in [0.25, 0.3) is 0 Å². The summed E-state index contributed by atoms with van der Waals surface area (Å²) in [6.07, 6.45) is 1.38. The van der Waals surface area contributed by atoms with E-state index in [0.717, 1.165) is 17.4 Å². The minimum atomic E-state index is -3.79. The van der Waals surface area contributed by atoms with Gasteiger partial charge in [-0.2, -0.15) is 0 Å². The molecule has 3 aromatic rings. The number of hydrogen-bond donors (Lipinski definition) is 1. The fraction of sp³-hybridized carbons (Fsp3) is 0.158. The summed E-state index contributed by atoms with van der Waals surface area (Å²) in [6.45, 7) is 1.54. The number of nitrogens with zero attached hydrogens (tertiary/aromatic N) is 2. The Kier molecular flexibility index (Phi) is 5.48. The van der Waals surface area contributed by atoms with Gasteiger partial charge in [0.05, 0.1) is 29.9 Å². The molecule has 0 saturated carbocycles. The van der Waals surface area contributed by atoms with Crippen LogP contribution < -0.4 is 9.46 Å². The monoisotopic (exact) mass is 387 g/mol. The zero-order valence-corrected chi connectivity index (χ0v) is 15.6. The molecule has 1 aromatic heterocycles. The van der Waals surface area contributed by atoms with Gasteiger partial charge in [-0.15, -0.1) is 0 Å². The predicted molar refractivity (Wildman–Crippen MR) is 99.2 cm³/mol. The second kappa shape index (κ2) is 7.81. The molecule has 0 unspecified atom stereocenters. The van der Waals surface area contributed by atoms with E-state index in [0.29, 0.717) is 17.0 Å². The molecule has 0 spiro atoms. The highest BCUT2D eigenvalue weighted by molar-refractivity contribution is 7.89. The molecule has 0 radical (unpaired) electrons. The molecule has 0 aliphatic rings. The van der Waals surface area contributed by atoms with Gasteiger partial charge in [-0.3, -0.25) is 0 Å². The number of benzene rings is 2. The Labute approximate surface area is 157 Å². The van der Waals surface area contributed by atoms with E-state index >= 15 is 0 Å². The highest BCUT2D eigenvalue weighted by atomic mass is 32.2. The Hall–Kier alpha value is -2.84. The van der Waals surface area contributed by atoms with Crippen molar-refractivity contribution in [2.24, 2.45) is 0 Å². The van der Waals surface area contributed by atoms with E-state index in [1.54, 1.807) is 20.1 Å². The maximum atomic E-state index is 13.2. The molecule has 0 bridgehead atoms. The Morgan fingerprint density at radius 2 is 1.81 bits per heavy atom. The van der Waals surface area contributed by atoms with Crippen LogP contribution in [0.4, 0.5) is 4.39 Å². The third-order valence-electron chi connectivity index (χ3n) is 3.98. The van der Waals surface area contributed by atoms with Crippen molar-refractivity contribution in [3.8, 4) is 17.0 Å². The molecule has 8 heteroatoms. The van der Waals surface area contributed by atoms with Gasteiger partial charge in [0.2, 0.25) is 10.0 Å². The van der Waals surface area contributed by atoms with Gasteiger partial charge < -0.3 is 4.74 Å². The molecule has 140 valence electrons. The second-order valence-electron chi connectivity index (χ2n) is 5.86. The summed E-state index contributed by atoms with van der Waals surface area (Å²) in [4.78, 5) is 8.37. The minimum absolute atomic E-state index is 0.00910. The Morgan fingerprint density at radius 1 is 1.07 bits per heavy atom. The van der Waals surface area contributed by atoms with Gasteiger partial charge in [0.15, 0.2) is 0 Å². The van der Waals surface area contributed by atoms with Crippen molar-refractivity contribution in [1.29, 1.82) is 0 Å². The Morgan fingerprint density at radius 3 is 2.48 bits per heavy atom. The van der Waals surface area contributed by atoms with E-state index in [9.17, 15) is 12.8 Å². The first kappa shape index (κ1) is 18.9. The van der Waals surface area contributed by atoms with E-state index in [-0.39, 0.29) is 11.4 Å². The fourth-order valence-corrected chi connectivity index (χ4v) is 3.80. The maximum Gasteiger partial charge on any atom is 0.241 e.